The minimum Gasteiger partial charge on any atom is -0.391 e. The molecule has 0 fully saturated rings. The van der Waals surface area contributed by atoms with E-state index in [9.17, 15) is 8.42 Å². The minimum absolute atomic E-state index is 0.122. The number of aliphatic hydroxyl groups excluding tert-OH is 1. The monoisotopic (exact) mass is 277 g/mol. The van der Waals surface area contributed by atoms with E-state index in [0.717, 1.165) is 11.3 Å². The number of anilines is 1. The summed E-state index contributed by atoms with van der Waals surface area (Å²) < 4.78 is 25.9. The smallest absolute Gasteiger partial charge is 0.264 e. The van der Waals surface area contributed by atoms with Gasteiger partial charge in [-0.25, -0.2) is 8.42 Å². The van der Waals surface area contributed by atoms with Crippen LogP contribution in [0.3, 0.4) is 0 Å². The van der Waals surface area contributed by atoms with Crippen molar-refractivity contribution in [2.75, 3.05) is 4.72 Å². The van der Waals surface area contributed by atoms with Crippen molar-refractivity contribution in [3.8, 4) is 0 Å². The van der Waals surface area contributed by atoms with E-state index in [-0.39, 0.29) is 16.6 Å². The van der Waals surface area contributed by atoms with E-state index in [4.69, 9.17) is 5.11 Å². The maximum absolute atomic E-state index is 11.8. The summed E-state index contributed by atoms with van der Waals surface area (Å²) in [6, 6.07) is 1.42. The van der Waals surface area contributed by atoms with Gasteiger partial charge in [0.1, 0.15) is 5.51 Å². The third kappa shape index (κ3) is 2.38. The average molecular weight is 277 g/mol. The van der Waals surface area contributed by atoms with Gasteiger partial charge in [-0.1, -0.05) is 11.3 Å². The van der Waals surface area contributed by atoms with Gasteiger partial charge in [-0.15, -0.1) is 21.5 Å². The van der Waals surface area contributed by atoms with Gasteiger partial charge >= 0.3 is 0 Å². The molecule has 0 atom stereocenters. The van der Waals surface area contributed by atoms with Gasteiger partial charge in [0.25, 0.3) is 10.0 Å². The molecule has 16 heavy (non-hydrogen) atoms. The van der Waals surface area contributed by atoms with Crippen molar-refractivity contribution in [3.63, 3.8) is 0 Å². The van der Waals surface area contributed by atoms with Gasteiger partial charge in [0.2, 0.25) is 5.13 Å². The predicted molar refractivity (Wildman–Crippen MR) is 61.0 cm³/mol. The average Bonchev–Trinajstić information content (AvgIpc) is 2.85. The maximum Gasteiger partial charge on any atom is 0.264 e. The third-order valence-electron chi connectivity index (χ3n) is 1.68. The zero-order chi connectivity index (χ0) is 11.6. The van der Waals surface area contributed by atoms with Crippen LogP contribution in [0.15, 0.2) is 21.9 Å². The molecule has 2 N–H and O–H groups in total. The lowest BCUT2D eigenvalue weighted by Gasteiger charge is -2.00. The number of nitrogens with one attached hydrogen (secondary N) is 1. The molecule has 86 valence electrons. The van der Waals surface area contributed by atoms with Crippen molar-refractivity contribution < 1.29 is 13.5 Å². The summed E-state index contributed by atoms with van der Waals surface area (Å²) in [5.41, 5.74) is 1.44. The molecule has 9 heteroatoms. The Kier molecular flexibility index (Phi) is 3.19. The summed E-state index contributed by atoms with van der Waals surface area (Å²) in [5.74, 6) is 0. The van der Waals surface area contributed by atoms with Crippen LogP contribution in [0.2, 0.25) is 0 Å². The number of aromatic nitrogens is 2. The molecule has 6 nitrogen and oxygen atoms in total. The number of nitrogens with zero attached hydrogens (tertiary/aromatic N) is 2. The van der Waals surface area contributed by atoms with Crippen molar-refractivity contribution in [1.82, 2.24) is 10.2 Å². The maximum atomic E-state index is 11.8. The Morgan fingerprint density at radius 3 is 2.81 bits per heavy atom. The number of rotatable bonds is 4. The number of thiophene rings is 1. The number of hydrogen-bond acceptors (Lipinski definition) is 7. The van der Waals surface area contributed by atoms with Crippen LogP contribution >= 0.6 is 22.7 Å². The molecule has 0 aromatic carbocycles. The molecular formula is C7H7N3O3S3. The van der Waals surface area contributed by atoms with Crippen LogP contribution in [0, 0.1) is 0 Å². The van der Waals surface area contributed by atoms with Crippen LogP contribution in [0.4, 0.5) is 5.13 Å². The topological polar surface area (TPSA) is 92.2 Å². The van der Waals surface area contributed by atoms with Crippen molar-refractivity contribution in [1.29, 1.82) is 0 Å². The van der Waals surface area contributed by atoms with Gasteiger partial charge in [-0.05, 0) is 6.07 Å². The molecule has 2 aromatic rings. The Labute approximate surface area is 99.6 Å². The number of hydrogen-bond donors (Lipinski definition) is 2. The van der Waals surface area contributed by atoms with E-state index >= 15 is 0 Å². The summed E-state index contributed by atoms with van der Waals surface area (Å²) >= 11 is 2.29. The van der Waals surface area contributed by atoms with Gasteiger partial charge in [0.15, 0.2) is 0 Å². The standard InChI is InChI=1S/C7H7N3O3S3/c11-2-5-1-6(3-14-5)16(12,13)10-7-9-8-4-15-7/h1,3-4,11H,2H2,(H,9,10). The molecule has 0 aliphatic carbocycles. The van der Waals surface area contributed by atoms with Gasteiger partial charge in [0.05, 0.1) is 11.5 Å². The van der Waals surface area contributed by atoms with E-state index in [1.807, 2.05) is 0 Å². The number of sulfonamides is 1. The SMILES string of the molecule is O=S(=O)(Nc1nncs1)c1csc(CO)c1. The highest BCUT2D eigenvalue weighted by atomic mass is 32.2. The van der Waals surface area contributed by atoms with Gasteiger partial charge in [-0.3, -0.25) is 4.72 Å². The zero-order valence-corrected chi connectivity index (χ0v) is 10.3. The van der Waals surface area contributed by atoms with Crippen LogP contribution < -0.4 is 4.72 Å². The summed E-state index contributed by atoms with van der Waals surface area (Å²) in [6.45, 7) is -0.168. The molecule has 0 spiro atoms. The van der Waals surface area contributed by atoms with Crippen molar-refractivity contribution in [2.45, 2.75) is 11.5 Å². The fraction of sp³-hybridized carbons (Fsp3) is 0.143. The highest BCUT2D eigenvalue weighted by molar-refractivity contribution is 7.93. The van der Waals surface area contributed by atoms with Gasteiger partial charge < -0.3 is 5.11 Å². The second kappa shape index (κ2) is 4.45. The molecule has 0 aliphatic rings. The lowest BCUT2D eigenvalue weighted by atomic mass is 10.5. The van der Waals surface area contributed by atoms with Crippen molar-refractivity contribution >= 4 is 37.8 Å². The normalized spacial score (nSPS) is 11.6. The molecule has 2 aromatic heterocycles. The zero-order valence-electron chi connectivity index (χ0n) is 7.82. The first-order valence-corrected chi connectivity index (χ1v) is 7.33. The molecule has 0 saturated heterocycles. The Balaban J connectivity index is 2.25. The lowest BCUT2D eigenvalue weighted by molar-refractivity contribution is 0.285. The Bertz CT molecular complexity index is 561. The van der Waals surface area contributed by atoms with Crippen LogP contribution in [0.1, 0.15) is 4.88 Å². The Hall–Kier alpha value is -1.03. The fourth-order valence-electron chi connectivity index (χ4n) is 0.976. The summed E-state index contributed by atoms with van der Waals surface area (Å²) in [6.07, 6.45) is 0. The molecule has 0 radical (unpaired) electrons. The van der Waals surface area contributed by atoms with Crippen molar-refractivity contribution in [3.05, 3.63) is 21.8 Å². The van der Waals surface area contributed by atoms with E-state index in [2.05, 4.69) is 14.9 Å². The molecule has 0 saturated carbocycles. The second-order valence-electron chi connectivity index (χ2n) is 2.76. The minimum atomic E-state index is -3.62. The first-order valence-electron chi connectivity index (χ1n) is 4.09. The van der Waals surface area contributed by atoms with E-state index in [1.54, 1.807) is 0 Å². The molecule has 0 aliphatic heterocycles. The van der Waals surface area contributed by atoms with Crippen LogP contribution in [-0.4, -0.2) is 23.7 Å². The summed E-state index contributed by atoms with van der Waals surface area (Å²) in [5, 5.41) is 17.6. The van der Waals surface area contributed by atoms with E-state index < -0.39 is 10.0 Å². The third-order valence-corrected chi connectivity index (χ3v) is 4.80. The summed E-state index contributed by atoms with van der Waals surface area (Å²) in [7, 11) is -3.62. The quantitative estimate of drug-likeness (QED) is 0.866. The predicted octanol–water partition coefficient (Wildman–Crippen LogP) is 0.893. The van der Waals surface area contributed by atoms with Crippen LogP contribution in [0.5, 0.6) is 0 Å². The van der Waals surface area contributed by atoms with E-state index in [0.29, 0.717) is 4.88 Å². The molecule has 2 rings (SSSR count). The molecule has 2 heterocycles. The van der Waals surface area contributed by atoms with Crippen LogP contribution in [0.25, 0.3) is 0 Å². The lowest BCUT2D eigenvalue weighted by Crippen LogP contribution is -2.11. The highest BCUT2D eigenvalue weighted by Crippen LogP contribution is 2.22. The molecule has 0 amide bonds. The molecule has 0 unspecified atom stereocenters. The fourth-order valence-corrected chi connectivity index (χ4v) is 3.80. The first kappa shape index (κ1) is 11.5. The molecular weight excluding hydrogens is 270 g/mol. The summed E-state index contributed by atoms with van der Waals surface area (Å²) in [4.78, 5) is 0.717. The van der Waals surface area contributed by atoms with E-state index in [1.165, 1.54) is 28.3 Å². The van der Waals surface area contributed by atoms with Gasteiger partial charge in [0, 0.05) is 10.3 Å². The Morgan fingerprint density at radius 1 is 1.44 bits per heavy atom. The van der Waals surface area contributed by atoms with Gasteiger partial charge in [-0.2, -0.15) is 0 Å². The first-order chi connectivity index (χ1) is 7.62. The highest BCUT2D eigenvalue weighted by Gasteiger charge is 2.17. The van der Waals surface area contributed by atoms with Crippen molar-refractivity contribution in [2.24, 2.45) is 0 Å². The number of aliphatic hydroxyl groups is 1. The largest absolute Gasteiger partial charge is 0.391 e. The van der Waals surface area contributed by atoms with Crippen LogP contribution in [-0.2, 0) is 16.6 Å². The Morgan fingerprint density at radius 2 is 2.25 bits per heavy atom. The second-order valence-corrected chi connectivity index (χ2v) is 6.27. The molecule has 0 bridgehead atoms.